The second-order valence-electron chi connectivity index (χ2n) is 6.87. The van der Waals surface area contributed by atoms with E-state index in [2.05, 4.69) is 33.2 Å². The second-order valence-corrected chi connectivity index (χ2v) is 11.2. The van der Waals surface area contributed by atoms with E-state index in [0.29, 0.717) is 39.8 Å². The summed E-state index contributed by atoms with van der Waals surface area (Å²) in [4.78, 5) is -0.0474. The number of phenols is 2. The van der Waals surface area contributed by atoms with Crippen LogP contribution in [0.4, 0.5) is 11.4 Å². The van der Waals surface area contributed by atoms with Crippen LogP contribution < -0.4 is 169 Å². The van der Waals surface area contributed by atoms with Crippen LogP contribution in [0.25, 0.3) is 10.8 Å². The van der Waals surface area contributed by atoms with E-state index >= 15 is 0 Å². The predicted octanol–water partition coefficient (Wildman–Crippen LogP) is -8.11. The Morgan fingerprint density at radius 1 is 0.884 bits per heavy atom. The number of benzene rings is 3. The van der Waals surface area contributed by atoms with Crippen LogP contribution in [-0.2, 0) is 60.4 Å². The smallest absolute Gasteiger partial charge is 0.726 e. The molecule has 0 aliphatic rings. The number of hydrogen-bond acceptors (Lipinski definition) is 18. The summed E-state index contributed by atoms with van der Waals surface area (Å²) in [6.07, 6.45) is 0. The molecule has 17 nitrogen and oxygen atoms in total. The van der Waals surface area contributed by atoms with Gasteiger partial charge in [0.15, 0.2) is 5.75 Å². The van der Waals surface area contributed by atoms with Crippen LogP contribution in [0.3, 0.4) is 0 Å². The summed E-state index contributed by atoms with van der Waals surface area (Å²) in [5, 5.41) is 56.4. The maximum absolute atomic E-state index is 12.3. The van der Waals surface area contributed by atoms with Gasteiger partial charge in [-0.3, -0.25) is 14.3 Å². The third-order valence-corrected chi connectivity index (χ3v) is 7.57. The van der Waals surface area contributed by atoms with Gasteiger partial charge in [-0.15, -0.1) is 10.2 Å². The summed E-state index contributed by atoms with van der Waals surface area (Å²) in [5.74, 6) is -1.12. The molecule has 25 heteroatoms. The van der Waals surface area contributed by atoms with E-state index in [4.69, 9.17) is 0 Å². The number of rotatable bonds is 14. The Kier molecular flexibility index (Phi) is 25.9. The Hall–Kier alpha value is 2.79. The molecule has 0 saturated heterocycles. The summed E-state index contributed by atoms with van der Waals surface area (Å²) < 4.78 is 70.3. The largest absolute Gasteiger partial charge is 1.00 e. The van der Waals surface area contributed by atoms with Gasteiger partial charge in [-0.2, -0.15) is 8.67 Å². The molecular weight excluding hydrogens is 791 g/mol. The number of aromatic hydroxyl groups is 2. The van der Waals surface area contributed by atoms with Gasteiger partial charge >= 0.3 is 154 Å². The van der Waals surface area contributed by atoms with Crippen molar-refractivity contribution in [3.63, 3.8) is 0 Å². The molecule has 0 spiro atoms. The SMILES string of the molecule is O=S(=O)([O-])OCCNS(=O)(=O)c1ccc(N=Nc2c(O)c(SOO[O-])cc3cc(SOO[O-])ccc23)c(O)c1.[Cu].[K+].[K+].[K+]. The van der Waals surface area contributed by atoms with Crippen LogP contribution in [0.15, 0.2) is 67.4 Å². The number of azo groups is 1. The average molecular weight is 805 g/mol. The van der Waals surface area contributed by atoms with E-state index in [0.717, 1.165) is 18.2 Å². The normalized spacial score (nSPS) is 11.3. The van der Waals surface area contributed by atoms with E-state index in [1.165, 1.54) is 24.3 Å². The molecular formula is C18H14CuK3N3O14S4. The molecule has 0 bridgehead atoms. The van der Waals surface area contributed by atoms with Crippen molar-refractivity contribution in [3.8, 4) is 11.5 Å². The van der Waals surface area contributed by atoms with Gasteiger partial charge in [0.05, 0.1) is 40.5 Å². The van der Waals surface area contributed by atoms with Gasteiger partial charge in [0.25, 0.3) is 0 Å². The van der Waals surface area contributed by atoms with Crippen LogP contribution >= 0.6 is 24.1 Å². The number of sulfonamides is 1. The number of hydrogen-bond donors (Lipinski definition) is 3. The Labute approximate surface area is 391 Å². The molecule has 0 fully saturated rings. The van der Waals surface area contributed by atoms with Crippen LogP contribution in [0, 0.1) is 0 Å². The van der Waals surface area contributed by atoms with Crippen molar-refractivity contribution in [1.29, 1.82) is 0 Å². The van der Waals surface area contributed by atoms with Gasteiger partial charge in [0.2, 0.25) is 20.4 Å². The summed E-state index contributed by atoms with van der Waals surface area (Å²) in [7, 11) is -9.23. The third-order valence-electron chi connectivity index (χ3n) is 4.47. The summed E-state index contributed by atoms with van der Waals surface area (Å²) in [6.45, 7) is -1.30. The topological polar surface area (TPSA) is 261 Å². The zero-order chi connectivity index (χ0) is 28.6. The van der Waals surface area contributed by atoms with Crippen molar-refractivity contribution in [2.45, 2.75) is 14.7 Å². The van der Waals surface area contributed by atoms with Crippen molar-refractivity contribution in [2.24, 2.45) is 10.2 Å². The summed E-state index contributed by atoms with van der Waals surface area (Å²) >= 11 is 0.949. The van der Waals surface area contributed by atoms with Crippen LogP contribution in [0.5, 0.6) is 11.5 Å². The first-order chi connectivity index (χ1) is 18.4. The van der Waals surface area contributed by atoms with Gasteiger partial charge in [-0.25, -0.2) is 21.6 Å². The molecule has 43 heavy (non-hydrogen) atoms. The van der Waals surface area contributed by atoms with E-state index < -0.39 is 50.0 Å². The minimum atomic E-state index is -5.00. The number of phenolic OH excluding ortho intramolecular Hbond substituents is 2. The van der Waals surface area contributed by atoms with Gasteiger partial charge < -0.3 is 25.3 Å². The van der Waals surface area contributed by atoms with Crippen molar-refractivity contribution in [2.75, 3.05) is 13.2 Å². The molecule has 0 aliphatic heterocycles. The van der Waals surface area contributed by atoms with Crippen LogP contribution in [-0.4, -0.2) is 44.8 Å². The molecule has 223 valence electrons. The Morgan fingerprint density at radius 2 is 1.53 bits per heavy atom. The quantitative estimate of drug-likeness (QED) is 0.0200. The van der Waals surface area contributed by atoms with Crippen molar-refractivity contribution in [1.82, 2.24) is 4.72 Å². The standard InChI is InChI=1S/C18H17N3O14S4.Cu.3K/c22-15-9-12(38(26,27)19-5-6-31-39(28,29)30)2-4-14(15)20-21-17-13-3-1-11(36-34-32-24)7-10(13)8-16(18(17)23)37-35-33-25;;;;/h1-4,7-9,19,22-25H,5-6H2,(H,28,29,30);;;;/q;;3*+1/p-3. The fraction of sp³-hybridized carbons (Fsp3) is 0.111. The zero-order valence-corrected chi connectivity index (χ0v) is 35.7. The molecule has 3 aromatic carbocycles. The van der Waals surface area contributed by atoms with E-state index in [-0.39, 0.29) is 187 Å². The maximum Gasteiger partial charge on any atom is 1.00 e. The fourth-order valence-electron chi connectivity index (χ4n) is 2.91. The van der Waals surface area contributed by atoms with E-state index in [1.54, 1.807) is 0 Å². The summed E-state index contributed by atoms with van der Waals surface area (Å²) in [6, 6.07) is 8.87. The minimum Gasteiger partial charge on any atom is -0.726 e. The summed E-state index contributed by atoms with van der Waals surface area (Å²) in [5.41, 5.74) is -0.360. The van der Waals surface area contributed by atoms with Crippen molar-refractivity contribution >= 4 is 66.7 Å². The molecule has 0 amide bonds. The Balaban J connectivity index is 0. The van der Waals surface area contributed by atoms with Gasteiger partial charge in [-0.05, 0) is 35.7 Å². The maximum atomic E-state index is 12.3. The van der Waals surface area contributed by atoms with Crippen molar-refractivity contribution in [3.05, 3.63) is 42.5 Å². The van der Waals surface area contributed by atoms with Crippen molar-refractivity contribution < 1.29 is 236 Å². The third kappa shape index (κ3) is 15.5. The number of nitrogens with one attached hydrogen (secondary N) is 1. The Bertz CT molecular complexity index is 1590. The molecule has 0 aromatic heterocycles. The first kappa shape index (κ1) is 47.9. The fourth-order valence-corrected chi connectivity index (χ4v) is 5.09. The molecule has 3 N–H and O–H groups in total. The number of nitrogens with zero attached hydrogens (tertiary/aromatic N) is 2. The van der Waals surface area contributed by atoms with E-state index in [1.807, 2.05) is 4.72 Å². The first-order valence-electron chi connectivity index (χ1n) is 9.86. The minimum absolute atomic E-state index is 0. The van der Waals surface area contributed by atoms with Gasteiger partial charge in [0, 0.05) is 40.0 Å². The molecule has 3 rings (SSSR count). The number of fused-ring (bicyclic) bond motifs is 1. The molecule has 0 atom stereocenters. The first-order valence-corrected chi connectivity index (χ1v) is 14.2. The molecule has 1 radical (unpaired) electrons. The van der Waals surface area contributed by atoms with Gasteiger partial charge in [0.1, 0.15) is 17.1 Å². The zero-order valence-electron chi connectivity index (χ0n) is 22.1. The van der Waals surface area contributed by atoms with Crippen LogP contribution in [0.1, 0.15) is 0 Å². The predicted molar refractivity (Wildman–Crippen MR) is 125 cm³/mol. The van der Waals surface area contributed by atoms with Gasteiger partial charge in [-0.1, -0.05) is 6.07 Å². The second kappa shape index (κ2) is 23.2. The van der Waals surface area contributed by atoms with Crippen LogP contribution in [0.2, 0.25) is 0 Å². The molecule has 0 heterocycles. The monoisotopic (exact) mass is 804 g/mol. The molecule has 0 aliphatic carbocycles. The average Bonchev–Trinajstić information content (AvgIpc) is 2.88. The molecule has 0 unspecified atom stereocenters. The molecule has 0 saturated carbocycles. The Morgan fingerprint density at radius 3 is 2.14 bits per heavy atom. The van der Waals surface area contributed by atoms with E-state index in [9.17, 15) is 42.1 Å². The molecule has 3 aromatic rings.